The van der Waals surface area contributed by atoms with Crippen LogP contribution >= 0.6 is 12.2 Å². The lowest BCUT2D eigenvalue weighted by molar-refractivity contribution is -0.122. The number of amides is 1. The summed E-state index contributed by atoms with van der Waals surface area (Å²) < 4.78 is 0. The molecule has 3 N–H and O–H groups in total. The highest BCUT2D eigenvalue weighted by molar-refractivity contribution is 7.80. The van der Waals surface area contributed by atoms with Gasteiger partial charge in [-0.15, -0.1) is 0 Å². The molecule has 1 unspecified atom stereocenters. The SMILES string of the molecule is Cc1ccc(C(N)=S)cc1NC(=O)C1CCCC1(C)C. The molecule has 1 aliphatic rings. The van der Waals surface area contributed by atoms with E-state index in [-0.39, 0.29) is 17.2 Å². The predicted molar refractivity (Wildman–Crippen MR) is 86.8 cm³/mol. The molecule has 1 amide bonds. The van der Waals surface area contributed by atoms with Gasteiger partial charge in [-0.3, -0.25) is 4.79 Å². The molecule has 3 nitrogen and oxygen atoms in total. The number of anilines is 1. The van der Waals surface area contributed by atoms with Gasteiger partial charge in [0.2, 0.25) is 5.91 Å². The molecule has 4 heteroatoms. The maximum atomic E-state index is 12.5. The molecule has 20 heavy (non-hydrogen) atoms. The summed E-state index contributed by atoms with van der Waals surface area (Å²) in [6.07, 6.45) is 3.20. The molecule has 2 rings (SSSR count). The van der Waals surface area contributed by atoms with Crippen LogP contribution in [-0.4, -0.2) is 10.9 Å². The van der Waals surface area contributed by atoms with Gasteiger partial charge in [0, 0.05) is 17.2 Å². The summed E-state index contributed by atoms with van der Waals surface area (Å²) in [6.45, 7) is 6.31. The molecule has 0 heterocycles. The molecule has 1 atom stereocenters. The molecule has 0 aromatic heterocycles. The highest BCUT2D eigenvalue weighted by Crippen LogP contribution is 2.43. The van der Waals surface area contributed by atoms with Crippen molar-refractivity contribution in [1.29, 1.82) is 0 Å². The third kappa shape index (κ3) is 3.01. The molecule has 0 radical (unpaired) electrons. The fourth-order valence-corrected chi connectivity index (χ4v) is 3.07. The Morgan fingerprint density at radius 1 is 1.45 bits per heavy atom. The van der Waals surface area contributed by atoms with Gasteiger partial charge in [0.1, 0.15) is 4.99 Å². The third-order valence-electron chi connectivity index (χ3n) is 4.35. The van der Waals surface area contributed by atoms with Crippen molar-refractivity contribution in [3.63, 3.8) is 0 Å². The number of benzene rings is 1. The van der Waals surface area contributed by atoms with Crippen LogP contribution in [0.3, 0.4) is 0 Å². The second kappa shape index (κ2) is 5.52. The van der Waals surface area contributed by atoms with Crippen LogP contribution in [0.15, 0.2) is 18.2 Å². The number of hydrogen-bond acceptors (Lipinski definition) is 2. The Balaban J connectivity index is 2.19. The molecule has 1 aliphatic carbocycles. The first kappa shape index (κ1) is 15.0. The number of carbonyl (C=O) groups is 1. The largest absolute Gasteiger partial charge is 0.389 e. The van der Waals surface area contributed by atoms with Gasteiger partial charge in [0.25, 0.3) is 0 Å². The van der Waals surface area contributed by atoms with Crippen molar-refractivity contribution in [2.45, 2.75) is 40.0 Å². The normalized spacial score (nSPS) is 20.6. The zero-order valence-electron chi connectivity index (χ0n) is 12.3. The molecule has 108 valence electrons. The molecule has 0 aliphatic heterocycles. The van der Waals surface area contributed by atoms with Gasteiger partial charge in [-0.2, -0.15) is 0 Å². The van der Waals surface area contributed by atoms with Crippen LogP contribution in [0.25, 0.3) is 0 Å². The fourth-order valence-electron chi connectivity index (χ4n) is 2.94. The number of rotatable bonds is 3. The van der Waals surface area contributed by atoms with Crippen molar-refractivity contribution in [3.05, 3.63) is 29.3 Å². The Hall–Kier alpha value is -1.42. The lowest BCUT2D eigenvalue weighted by Gasteiger charge is -2.26. The van der Waals surface area contributed by atoms with Crippen molar-refractivity contribution in [1.82, 2.24) is 0 Å². The summed E-state index contributed by atoms with van der Waals surface area (Å²) in [5.41, 5.74) is 8.34. The first-order chi connectivity index (χ1) is 9.31. The predicted octanol–water partition coefficient (Wildman–Crippen LogP) is 3.39. The molecule has 0 spiro atoms. The monoisotopic (exact) mass is 290 g/mol. The minimum Gasteiger partial charge on any atom is -0.389 e. The minimum absolute atomic E-state index is 0.0791. The summed E-state index contributed by atoms with van der Waals surface area (Å²) in [7, 11) is 0. The molecule has 1 aromatic carbocycles. The topological polar surface area (TPSA) is 55.1 Å². The average molecular weight is 290 g/mol. The van der Waals surface area contributed by atoms with Gasteiger partial charge in [-0.25, -0.2) is 0 Å². The average Bonchev–Trinajstić information content (AvgIpc) is 2.71. The van der Waals surface area contributed by atoms with E-state index >= 15 is 0 Å². The van der Waals surface area contributed by atoms with E-state index in [0.29, 0.717) is 4.99 Å². The maximum Gasteiger partial charge on any atom is 0.228 e. The van der Waals surface area contributed by atoms with Crippen LogP contribution in [0.2, 0.25) is 0 Å². The summed E-state index contributed by atoms with van der Waals surface area (Å²) >= 11 is 4.99. The first-order valence-corrected chi connectivity index (χ1v) is 7.43. The molecule has 1 saturated carbocycles. The smallest absolute Gasteiger partial charge is 0.228 e. The highest BCUT2D eigenvalue weighted by atomic mass is 32.1. The van der Waals surface area contributed by atoms with Crippen molar-refractivity contribution < 1.29 is 4.79 Å². The Morgan fingerprint density at radius 2 is 2.15 bits per heavy atom. The van der Waals surface area contributed by atoms with E-state index < -0.39 is 0 Å². The van der Waals surface area contributed by atoms with Gasteiger partial charge in [-0.05, 0) is 36.8 Å². The summed E-state index contributed by atoms with van der Waals surface area (Å²) in [4.78, 5) is 12.8. The molecule has 0 bridgehead atoms. The Kier molecular flexibility index (Phi) is 4.14. The van der Waals surface area contributed by atoms with Gasteiger partial charge in [0.15, 0.2) is 0 Å². The summed E-state index contributed by atoms with van der Waals surface area (Å²) in [5, 5.41) is 3.05. The van der Waals surface area contributed by atoms with Gasteiger partial charge in [0.05, 0.1) is 0 Å². The Morgan fingerprint density at radius 3 is 2.70 bits per heavy atom. The van der Waals surface area contributed by atoms with E-state index in [4.69, 9.17) is 18.0 Å². The van der Waals surface area contributed by atoms with Crippen LogP contribution in [-0.2, 0) is 4.79 Å². The van der Waals surface area contributed by atoms with E-state index in [1.54, 1.807) is 0 Å². The van der Waals surface area contributed by atoms with Crippen molar-refractivity contribution in [3.8, 4) is 0 Å². The summed E-state index contributed by atoms with van der Waals surface area (Å²) in [6, 6.07) is 5.67. The van der Waals surface area contributed by atoms with E-state index in [1.807, 2.05) is 25.1 Å². The molecule has 0 saturated heterocycles. The quantitative estimate of drug-likeness (QED) is 0.839. The van der Waals surface area contributed by atoms with Crippen molar-refractivity contribution in [2.75, 3.05) is 5.32 Å². The maximum absolute atomic E-state index is 12.5. The first-order valence-electron chi connectivity index (χ1n) is 7.02. The lowest BCUT2D eigenvalue weighted by atomic mass is 9.81. The van der Waals surface area contributed by atoms with E-state index in [2.05, 4.69) is 19.2 Å². The zero-order chi connectivity index (χ0) is 14.9. The van der Waals surface area contributed by atoms with Crippen LogP contribution < -0.4 is 11.1 Å². The number of nitrogens with two attached hydrogens (primary N) is 1. The number of thiocarbonyl (C=S) groups is 1. The fraction of sp³-hybridized carbons (Fsp3) is 0.500. The third-order valence-corrected chi connectivity index (χ3v) is 4.59. The van der Waals surface area contributed by atoms with Gasteiger partial charge < -0.3 is 11.1 Å². The van der Waals surface area contributed by atoms with E-state index in [0.717, 1.165) is 36.1 Å². The molecule has 1 aromatic rings. The number of aryl methyl sites for hydroxylation is 1. The molecular weight excluding hydrogens is 268 g/mol. The van der Waals surface area contributed by atoms with Gasteiger partial charge >= 0.3 is 0 Å². The lowest BCUT2D eigenvalue weighted by Crippen LogP contribution is -2.31. The highest BCUT2D eigenvalue weighted by Gasteiger charge is 2.39. The van der Waals surface area contributed by atoms with Crippen LogP contribution in [0.1, 0.15) is 44.2 Å². The van der Waals surface area contributed by atoms with Crippen LogP contribution in [0.5, 0.6) is 0 Å². The van der Waals surface area contributed by atoms with E-state index in [1.165, 1.54) is 0 Å². The van der Waals surface area contributed by atoms with Gasteiger partial charge in [-0.1, -0.05) is 44.6 Å². The van der Waals surface area contributed by atoms with Crippen LogP contribution in [0, 0.1) is 18.3 Å². The summed E-state index contributed by atoms with van der Waals surface area (Å²) in [5.74, 6) is 0.186. The molecule has 1 fully saturated rings. The number of hydrogen-bond donors (Lipinski definition) is 2. The Bertz CT molecular complexity index is 551. The van der Waals surface area contributed by atoms with Crippen molar-refractivity contribution in [2.24, 2.45) is 17.1 Å². The standard InChI is InChI=1S/C16H22N2OS/c1-10-6-7-11(14(17)20)9-13(10)18-15(19)12-5-4-8-16(12,2)3/h6-7,9,12H,4-5,8H2,1-3H3,(H2,17,20)(H,18,19). The second-order valence-corrected chi connectivity index (χ2v) is 6.76. The number of nitrogens with one attached hydrogen (secondary N) is 1. The van der Waals surface area contributed by atoms with Crippen LogP contribution in [0.4, 0.5) is 5.69 Å². The minimum atomic E-state index is 0.0791. The van der Waals surface area contributed by atoms with Crippen molar-refractivity contribution >= 4 is 28.8 Å². The van der Waals surface area contributed by atoms with E-state index in [9.17, 15) is 4.79 Å². The zero-order valence-corrected chi connectivity index (χ0v) is 13.1. The number of carbonyl (C=O) groups excluding carboxylic acids is 1. The Labute approximate surface area is 125 Å². The molecular formula is C16H22N2OS. The second-order valence-electron chi connectivity index (χ2n) is 6.32.